The van der Waals surface area contributed by atoms with Crippen LogP contribution >= 0.6 is 24.0 Å². The first-order valence-electron chi connectivity index (χ1n) is 9.80. The van der Waals surface area contributed by atoms with Crippen molar-refractivity contribution in [1.82, 2.24) is 10.3 Å². The molecule has 0 spiro atoms. The molecule has 0 atom stereocenters. The van der Waals surface area contributed by atoms with E-state index in [4.69, 9.17) is 9.47 Å². The van der Waals surface area contributed by atoms with Crippen molar-refractivity contribution in [3.63, 3.8) is 0 Å². The molecule has 0 saturated carbocycles. The Morgan fingerprint density at radius 1 is 1.10 bits per heavy atom. The van der Waals surface area contributed by atoms with Crippen LogP contribution in [-0.2, 0) is 6.54 Å². The van der Waals surface area contributed by atoms with Crippen molar-refractivity contribution in [2.24, 2.45) is 4.99 Å². The Kier molecular flexibility index (Phi) is 9.30. The molecule has 1 aromatic heterocycles. The molecule has 0 aliphatic carbocycles. The Hall–Kier alpha value is -2.23. The standard InChI is InChI=1S/C21H29N5O2.HI/c1-4-26(5-2)20-10-7-16(14-23-20)15-24-21(22-3)25-17-8-9-18-19(13-17)28-12-6-11-27-18;/h7-10,13-14H,4-6,11-12,15H2,1-3H3,(H2,22,24,25);1H. The molecule has 3 rings (SSSR count). The van der Waals surface area contributed by atoms with Gasteiger partial charge in [-0.05, 0) is 37.6 Å². The number of aromatic nitrogens is 1. The third-order valence-electron chi connectivity index (χ3n) is 4.59. The van der Waals surface area contributed by atoms with Crippen molar-refractivity contribution >= 4 is 41.4 Å². The number of hydrogen-bond donors (Lipinski definition) is 2. The molecule has 7 nitrogen and oxygen atoms in total. The first-order chi connectivity index (χ1) is 13.7. The summed E-state index contributed by atoms with van der Waals surface area (Å²) in [6, 6.07) is 9.97. The van der Waals surface area contributed by atoms with Gasteiger partial charge in [-0.1, -0.05) is 6.07 Å². The van der Waals surface area contributed by atoms with Crippen LogP contribution in [0.3, 0.4) is 0 Å². The van der Waals surface area contributed by atoms with Gasteiger partial charge in [0.15, 0.2) is 17.5 Å². The molecule has 1 aliphatic rings. The number of guanidine groups is 1. The highest BCUT2D eigenvalue weighted by atomic mass is 127. The van der Waals surface area contributed by atoms with E-state index in [1.807, 2.05) is 24.4 Å². The van der Waals surface area contributed by atoms with Gasteiger partial charge >= 0.3 is 0 Å². The van der Waals surface area contributed by atoms with Crippen LogP contribution in [0.2, 0.25) is 0 Å². The number of hydrogen-bond acceptors (Lipinski definition) is 5. The number of nitrogens with zero attached hydrogens (tertiary/aromatic N) is 3. The van der Waals surface area contributed by atoms with E-state index in [0.717, 1.165) is 48.1 Å². The van der Waals surface area contributed by atoms with Gasteiger partial charge in [0.05, 0.1) is 13.2 Å². The zero-order valence-corrected chi connectivity index (χ0v) is 19.6. The topological polar surface area (TPSA) is 71.0 Å². The lowest BCUT2D eigenvalue weighted by atomic mass is 10.2. The molecule has 0 unspecified atom stereocenters. The van der Waals surface area contributed by atoms with Gasteiger partial charge in [-0.3, -0.25) is 4.99 Å². The number of rotatable bonds is 6. The minimum absolute atomic E-state index is 0. The third-order valence-corrected chi connectivity index (χ3v) is 4.59. The molecule has 0 amide bonds. The number of aliphatic imine (C=N–C) groups is 1. The number of anilines is 2. The zero-order valence-electron chi connectivity index (χ0n) is 17.3. The minimum Gasteiger partial charge on any atom is -0.490 e. The normalized spacial score (nSPS) is 13.1. The summed E-state index contributed by atoms with van der Waals surface area (Å²) >= 11 is 0. The summed E-state index contributed by atoms with van der Waals surface area (Å²) in [5, 5.41) is 6.61. The van der Waals surface area contributed by atoms with E-state index >= 15 is 0 Å². The average molecular weight is 511 g/mol. The van der Waals surface area contributed by atoms with Crippen LogP contribution in [0.5, 0.6) is 11.5 Å². The maximum Gasteiger partial charge on any atom is 0.195 e. The van der Waals surface area contributed by atoms with Crippen molar-refractivity contribution < 1.29 is 9.47 Å². The maximum atomic E-state index is 5.74. The molecule has 2 N–H and O–H groups in total. The van der Waals surface area contributed by atoms with Crippen LogP contribution in [0, 0.1) is 0 Å². The Balaban J connectivity index is 0.00000300. The summed E-state index contributed by atoms with van der Waals surface area (Å²) in [4.78, 5) is 11.1. The lowest BCUT2D eigenvalue weighted by Crippen LogP contribution is -2.30. The van der Waals surface area contributed by atoms with E-state index in [1.165, 1.54) is 0 Å². The van der Waals surface area contributed by atoms with Gasteiger partial charge in [0.2, 0.25) is 0 Å². The highest BCUT2D eigenvalue weighted by molar-refractivity contribution is 14.0. The summed E-state index contributed by atoms with van der Waals surface area (Å²) in [7, 11) is 1.75. The maximum absolute atomic E-state index is 5.74. The second-order valence-corrected chi connectivity index (χ2v) is 6.46. The van der Waals surface area contributed by atoms with Gasteiger partial charge in [-0.2, -0.15) is 0 Å². The van der Waals surface area contributed by atoms with Crippen LogP contribution in [0.4, 0.5) is 11.5 Å². The molecule has 0 saturated heterocycles. The van der Waals surface area contributed by atoms with Crippen LogP contribution < -0.4 is 25.0 Å². The fourth-order valence-electron chi connectivity index (χ4n) is 3.00. The minimum atomic E-state index is 0. The molecule has 8 heteroatoms. The van der Waals surface area contributed by atoms with Gasteiger partial charge in [-0.15, -0.1) is 24.0 Å². The SMILES string of the molecule is CCN(CC)c1ccc(CNC(=NC)Nc2ccc3c(c2)OCCCO3)cn1.I. The third kappa shape index (κ3) is 6.38. The summed E-state index contributed by atoms with van der Waals surface area (Å²) in [6.45, 7) is 8.16. The summed E-state index contributed by atoms with van der Waals surface area (Å²) < 4.78 is 11.4. The Labute approximate surface area is 189 Å². The van der Waals surface area contributed by atoms with Crippen molar-refractivity contribution in [2.45, 2.75) is 26.8 Å². The molecule has 0 bridgehead atoms. The Morgan fingerprint density at radius 2 is 1.86 bits per heavy atom. The number of ether oxygens (including phenoxy) is 2. The van der Waals surface area contributed by atoms with Gasteiger partial charge in [0, 0.05) is 51.1 Å². The molecule has 29 heavy (non-hydrogen) atoms. The fraction of sp³-hybridized carbons (Fsp3) is 0.429. The molecular formula is C21H30IN5O2. The first-order valence-corrected chi connectivity index (χ1v) is 9.80. The number of benzene rings is 1. The van der Waals surface area contributed by atoms with Gasteiger partial charge in [-0.25, -0.2) is 4.98 Å². The molecule has 2 heterocycles. The highest BCUT2D eigenvalue weighted by Crippen LogP contribution is 2.32. The van der Waals surface area contributed by atoms with E-state index in [0.29, 0.717) is 25.7 Å². The summed E-state index contributed by atoms with van der Waals surface area (Å²) in [6.07, 6.45) is 2.79. The number of halogens is 1. The molecule has 158 valence electrons. The number of fused-ring (bicyclic) bond motifs is 1. The largest absolute Gasteiger partial charge is 0.490 e. The molecule has 2 aromatic rings. The molecule has 0 fully saturated rings. The number of pyridine rings is 1. The predicted molar refractivity (Wildman–Crippen MR) is 129 cm³/mol. The molecule has 1 aromatic carbocycles. The van der Waals surface area contributed by atoms with Gasteiger partial charge < -0.3 is 25.0 Å². The summed E-state index contributed by atoms with van der Waals surface area (Å²) in [5.41, 5.74) is 1.99. The van der Waals surface area contributed by atoms with Gasteiger partial charge in [0.25, 0.3) is 0 Å². The van der Waals surface area contributed by atoms with E-state index in [9.17, 15) is 0 Å². The van der Waals surface area contributed by atoms with Crippen molar-refractivity contribution in [2.75, 3.05) is 43.6 Å². The summed E-state index contributed by atoms with van der Waals surface area (Å²) in [5.74, 6) is 3.23. The van der Waals surface area contributed by atoms with Crippen LogP contribution in [0.15, 0.2) is 41.5 Å². The highest BCUT2D eigenvalue weighted by Gasteiger charge is 2.11. The second kappa shape index (κ2) is 11.7. The van der Waals surface area contributed by atoms with E-state index in [-0.39, 0.29) is 24.0 Å². The van der Waals surface area contributed by atoms with Crippen LogP contribution in [-0.4, -0.2) is 44.3 Å². The van der Waals surface area contributed by atoms with Gasteiger partial charge in [0.1, 0.15) is 5.82 Å². The number of nitrogens with one attached hydrogen (secondary N) is 2. The predicted octanol–water partition coefficient (Wildman–Crippen LogP) is 3.89. The quantitative estimate of drug-likeness (QED) is 0.349. The Morgan fingerprint density at radius 3 is 2.52 bits per heavy atom. The lowest BCUT2D eigenvalue weighted by molar-refractivity contribution is 0.297. The first kappa shape index (κ1) is 23.1. The Bertz CT molecular complexity index is 794. The average Bonchev–Trinajstić information content (AvgIpc) is 2.98. The van der Waals surface area contributed by atoms with Crippen LogP contribution in [0.1, 0.15) is 25.8 Å². The van der Waals surface area contributed by atoms with Crippen molar-refractivity contribution in [3.8, 4) is 11.5 Å². The van der Waals surface area contributed by atoms with E-state index < -0.39 is 0 Å². The van der Waals surface area contributed by atoms with E-state index in [2.05, 4.69) is 51.5 Å². The smallest absolute Gasteiger partial charge is 0.195 e. The van der Waals surface area contributed by atoms with E-state index in [1.54, 1.807) is 7.05 Å². The van der Waals surface area contributed by atoms with Crippen molar-refractivity contribution in [1.29, 1.82) is 0 Å². The molecule has 1 aliphatic heterocycles. The van der Waals surface area contributed by atoms with Crippen LogP contribution in [0.25, 0.3) is 0 Å². The monoisotopic (exact) mass is 511 g/mol. The fourth-order valence-corrected chi connectivity index (χ4v) is 3.00. The molecular weight excluding hydrogens is 481 g/mol. The van der Waals surface area contributed by atoms with Crippen molar-refractivity contribution in [3.05, 3.63) is 42.1 Å². The lowest BCUT2D eigenvalue weighted by Gasteiger charge is -2.19. The molecule has 0 radical (unpaired) electrons. The second-order valence-electron chi connectivity index (χ2n) is 6.46. The zero-order chi connectivity index (χ0) is 19.8.